The van der Waals surface area contributed by atoms with Gasteiger partial charge in [0, 0.05) is 27.7 Å². The van der Waals surface area contributed by atoms with Crippen molar-refractivity contribution >= 4 is 17.8 Å². The molecule has 3 N–H and O–H groups in total. The van der Waals surface area contributed by atoms with Crippen LogP contribution in [0.15, 0.2) is 30.3 Å². The number of anilines is 3. The molecule has 7 nitrogen and oxygen atoms in total. The van der Waals surface area contributed by atoms with E-state index in [9.17, 15) is 0 Å². The first kappa shape index (κ1) is 20.4. The van der Waals surface area contributed by atoms with E-state index in [1.165, 1.54) is 0 Å². The molecule has 128 valence electrons. The van der Waals surface area contributed by atoms with E-state index in [0.717, 1.165) is 6.54 Å². The van der Waals surface area contributed by atoms with Crippen LogP contribution >= 0.6 is 0 Å². The lowest BCUT2D eigenvalue weighted by Gasteiger charge is -2.15. The molecule has 0 aliphatic heterocycles. The van der Waals surface area contributed by atoms with Gasteiger partial charge in [-0.3, -0.25) is 0 Å². The number of benzene rings is 1. The first-order valence-corrected chi connectivity index (χ1v) is 7.67. The Kier molecular flexibility index (Phi) is 10.7. The third-order valence-electron chi connectivity index (χ3n) is 2.64. The van der Waals surface area contributed by atoms with Crippen molar-refractivity contribution in [1.82, 2.24) is 15.0 Å². The van der Waals surface area contributed by atoms with E-state index >= 15 is 0 Å². The van der Waals surface area contributed by atoms with Crippen LogP contribution in [0.4, 0.5) is 17.8 Å². The van der Waals surface area contributed by atoms with Gasteiger partial charge < -0.3 is 20.6 Å². The van der Waals surface area contributed by atoms with Gasteiger partial charge in [-0.25, -0.2) is 0 Å². The Hall–Kier alpha value is -2.57. The lowest BCUT2D eigenvalue weighted by Crippen LogP contribution is -2.20. The molecule has 0 atom stereocenters. The highest BCUT2D eigenvalue weighted by atomic mass is 16.3. The van der Waals surface area contributed by atoms with Crippen molar-refractivity contribution in [3.05, 3.63) is 30.3 Å². The number of phenolic OH excluding ortho intramolecular Hbond substituents is 1. The van der Waals surface area contributed by atoms with E-state index in [2.05, 4.69) is 25.6 Å². The number of aromatic hydroxyl groups is 1. The number of hydrogen-bond acceptors (Lipinski definition) is 7. The Balaban J connectivity index is 0.000000449. The lowest BCUT2D eigenvalue weighted by molar-refractivity contribution is 0.475. The molecule has 23 heavy (non-hydrogen) atoms. The molecule has 1 aromatic carbocycles. The monoisotopic (exact) mass is 320 g/mol. The van der Waals surface area contributed by atoms with Crippen LogP contribution in [0.3, 0.4) is 0 Å². The Labute approximate surface area is 138 Å². The summed E-state index contributed by atoms with van der Waals surface area (Å²) in [6.45, 7) is 6.90. The van der Waals surface area contributed by atoms with Crippen molar-refractivity contribution in [2.75, 3.05) is 43.2 Å². The van der Waals surface area contributed by atoms with E-state index in [4.69, 9.17) is 5.11 Å². The smallest absolute Gasteiger partial charge is 0.231 e. The molecular formula is C16H28N6O. The number of nitrogens with zero attached hydrogens (tertiary/aromatic N) is 4. The fourth-order valence-corrected chi connectivity index (χ4v) is 1.33. The highest BCUT2D eigenvalue weighted by Gasteiger charge is 2.06. The van der Waals surface area contributed by atoms with Crippen LogP contribution in [-0.4, -0.2) is 47.7 Å². The number of nitrogens with one attached hydrogen (secondary N) is 2. The molecule has 1 heterocycles. The van der Waals surface area contributed by atoms with Gasteiger partial charge in [0.25, 0.3) is 0 Å². The number of phenols is 1. The number of para-hydroxylation sites is 1. The summed E-state index contributed by atoms with van der Waals surface area (Å²) in [4.78, 5) is 14.5. The van der Waals surface area contributed by atoms with Crippen molar-refractivity contribution < 1.29 is 5.11 Å². The summed E-state index contributed by atoms with van der Waals surface area (Å²) in [5.74, 6) is 2.12. The van der Waals surface area contributed by atoms with Gasteiger partial charge >= 0.3 is 0 Å². The number of hydrogen-bond donors (Lipinski definition) is 3. The number of rotatable bonds is 4. The maximum absolute atomic E-state index is 8.63. The minimum absolute atomic E-state index is 0.322. The molecule has 7 heteroatoms. The molecule has 0 fully saturated rings. The maximum atomic E-state index is 8.63. The summed E-state index contributed by atoms with van der Waals surface area (Å²) in [7, 11) is 5.50. The molecule has 0 bridgehead atoms. The SMILES string of the molecule is CC.CCN(C)c1nc(NC)nc(NC)n1.Oc1ccccc1. The van der Waals surface area contributed by atoms with Crippen LogP contribution in [0.25, 0.3) is 0 Å². The summed E-state index contributed by atoms with van der Waals surface area (Å²) in [6.07, 6.45) is 0. The third kappa shape index (κ3) is 7.85. The van der Waals surface area contributed by atoms with Gasteiger partial charge in [-0.05, 0) is 19.1 Å². The molecule has 0 aliphatic rings. The quantitative estimate of drug-likeness (QED) is 0.798. The van der Waals surface area contributed by atoms with Crippen LogP contribution in [-0.2, 0) is 0 Å². The molecule has 2 aromatic rings. The van der Waals surface area contributed by atoms with E-state index in [1.807, 2.05) is 38.8 Å². The van der Waals surface area contributed by atoms with Crippen molar-refractivity contribution in [2.45, 2.75) is 20.8 Å². The molecular weight excluding hydrogens is 292 g/mol. The summed E-state index contributed by atoms with van der Waals surface area (Å²) >= 11 is 0. The molecule has 0 amide bonds. The van der Waals surface area contributed by atoms with Gasteiger partial charge in [-0.15, -0.1) is 0 Å². The van der Waals surface area contributed by atoms with E-state index in [-0.39, 0.29) is 0 Å². The second-order valence-corrected chi connectivity index (χ2v) is 4.13. The Morgan fingerprint density at radius 1 is 0.957 bits per heavy atom. The van der Waals surface area contributed by atoms with E-state index in [1.54, 1.807) is 38.4 Å². The zero-order valence-corrected chi connectivity index (χ0v) is 14.8. The van der Waals surface area contributed by atoms with Gasteiger partial charge in [0.05, 0.1) is 0 Å². The predicted octanol–water partition coefficient (Wildman–Crippen LogP) is 2.83. The van der Waals surface area contributed by atoms with Crippen molar-refractivity contribution in [2.24, 2.45) is 0 Å². The topological polar surface area (TPSA) is 86.2 Å². The van der Waals surface area contributed by atoms with E-state index < -0.39 is 0 Å². The molecule has 0 radical (unpaired) electrons. The van der Waals surface area contributed by atoms with Crippen LogP contribution in [0.2, 0.25) is 0 Å². The molecule has 0 aliphatic carbocycles. The third-order valence-corrected chi connectivity index (χ3v) is 2.64. The summed E-state index contributed by atoms with van der Waals surface area (Å²) in [5.41, 5.74) is 0. The standard InChI is InChI=1S/C8H16N6.C6H6O.C2H6/c1-5-14(4)8-12-6(9-2)11-7(10-3)13-8;7-6-4-2-1-3-5-6;1-2/h5H2,1-4H3,(H2,9,10,11,12,13);1-5,7H;1-2H3. The summed E-state index contributed by atoms with van der Waals surface area (Å²) < 4.78 is 0. The minimum atomic E-state index is 0.322. The average Bonchev–Trinajstić information content (AvgIpc) is 2.63. The molecule has 0 saturated carbocycles. The predicted molar refractivity (Wildman–Crippen MR) is 97.3 cm³/mol. The van der Waals surface area contributed by atoms with Gasteiger partial charge in [0.2, 0.25) is 17.8 Å². The normalized spacial score (nSPS) is 8.78. The van der Waals surface area contributed by atoms with Gasteiger partial charge in [-0.1, -0.05) is 32.0 Å². The van der Waals surface area contributed by atoms with Gasteiger partial charge in [-0.2, -0.15) is 15.0 Å². The number of aromatic nitrogens is 3. The van der Waals surface area contributed by atoms with Crippen LogP contribution in [0.5, 0.6) is 5.75 Å². The molecule has 1 aromatic heterocycles. The first-order valence-electron chi connectivity index (χ1n) is 7.67. The Morgan fingerprint density at radius 3 is 1.74 bits per heavy atom. The maximum Gasteiger partial charge on any atom is 0.231 e. The van der Waals surface area contributed by atoms with Crippen molar-refractivity contribution in [3.8, 4) is 5.75 Å². The van der Waals surface area contributed by atoms with Crippen LogP contribution < -0.4 is 15.5 Å². The van der Waals surface area contributed by atoms with Crippen LogP contribution in [0, 0.1) is 0 Å². The zero-order chi connectivity index (χ0) is 17.7. The van der Waals surface area contributed by atoms with Gasteiger partial charge in [0.1, 0.15) is 5.75 Å². The summed E-state index contributed by atoms with van der Waals surface area (Å²) in [5, 5.41) is 14.4. The second kappa shape index (κ2) is 12.0. The fraction of sp³-hybridized carbons (Fsp3) is 0.438. The van der Waals surface area contributed by atoms with Crippen LogP contribution in [0.1, 0.15) is 20.8 Å². The first-order chi connectivity index (χ1) is 11.1. The molecule has 0 unspecified atom stereocenters. The summed E-state index contributed by atoms with van der Waals surface area (Å²) in [6, 6.07) is 8.71. The Morgan fingerprint density at radius 2 is 1.43 bits per heavy atom. The highest BCUT2D eigenvalue weighted by Crippen LogP contribution is 2.10. The Bertz CT molecular complexity index is 513. The molecule has 0 saturated heterocycles. The highest BCUT2D eigenvalue weighted by molar-refractivity contribution is 5.42. The second-order valence-electron chi connectivity index (χ2n) is 4.13. The lowest BCUT2D eigenvalue weighted by atomic mass is 10.3. The molecule has 0 spiro atoms. The fourth-order valence-electron chi connectivity index (χ4n) is 1.33. The molecule has 2 rings (SSSR count). The minimum Gasteiger partial charge on any atom is -0.508 e. The average molecular weight is 320 g/mol. The largest absolute Gasteiger partial charge is 0.508 e. The van der Waals surface area contributed by atoms with E-state index in [0.29, 0.717) is 23.6 Å². The van der Waals surface area contributed by atoms with Crippen molar-refractivity contribution in [1.29, 1.82) is 0 Å². The zero-order valence-electron chi connectivity index (χ0n) is 14.8. The van der Waals surface area contributed by atoms with Gasteiger partial charge in [0.15, 0.2) is 0 Å². The van der Waals surface area contributed by atoms with Crippen molar-refractivity contribution in [3.63, 3.8) is 0 Å².